The highest BCUT2D eigenvalue weighted by Crippen LogP contribution is 2.57. The van der Waals surface area contributed by atoms with Crippen LogP contribution in [0.1, 0.15) is 18.1 Å². The molecular formula is C22H24N2O9. The number of phenolic OH excluding ortho intramolecular Hbond substituents is 1. The number of likely N-dealkylation sites (N-methyl/N-ethyl adjacent to an activating group) is 1. The second kappa shape index (κ2) is 6.87. The standard InChI is InChI=1S/C22H24N2O9/c1-21(32)7-5-4-6-8(25)9(7)15(26)10-12(21)17(28)13-14(24(2)3)16(27)11(20(23)31)19(30)22(13,33)18(10)29/h4-6,12-14,17,25-26,28,30,32-33H,1-3H3,(H2,23,31)/t12-,13-,14+,17-,21-,22-/m1/s1. The number of ketones is 2. The van der Waals surface area contributed by atoms with Crippen molar-refractivity contribution in [2.24, 2.45) is 17.6 Å². The lowest BCUT2D eigenvalue weighted by atomic mass is 9.53. The van der Waals surface area contributed by atoms with Gasteiger partial charge in [-0.05, 0) is 32.6 Å². The van der Waals surface area contributed by atoms with Crippen LogP contribution < -0.4 is 5.73 Å². The van der Waals surface area contributed by atoms with Crippen LogP contribution in [0, 0.1) is 11.8 Å². The molecule has 0 saturated heterocycles. The van der Waals surface area contributed by atoms with Gasteiger partial charge in [0, 0.05) is 0 Å². The molecule has 33 heavy (non-hydrogen) atoms. The number of aliphatic hydroxyl groups is 5. The van der Waals surface area contributed by atoms with E-state index in [4.69, 9.17) is 5.73 Å². The third-order valence-corrected chi connectivity index (χ3v) is 7.03. The number of aliphatic hydroxyl groups excluding tert-OH is 3. The number of Topliss-reactive ketones (excluding diaryl/α,β-unsaturated/α-hetero) is 2. The number of rotatable bonds is 2. The Morgan fingerprint density at radius 2 is 1.73 bits per heavy atom. The van der Waals surface area contributed by atoms with Crippen molar-refractivity contribution in [3.63, 3.8) is 0 Å². The predicted molar refractivity (Wildman–Crippen MR) is 112 cm³/mol. The van der Waals surface area contributed by atoms with Crippen molar-refractivity contribution in [3.05, 3.63) is 46.2 Å². The van der Waals surface area contributed by atoms with Gasteiger partial charge in [0.1, 0.15) is 22.8 Å². The maximum atomic E-state index is 13.7. The number of fused-ring (bicyclic) bond motifs is 3. The average Bonchev–Trinajstić information content (AvgIpc) is 2.70. The largest absolute Gasteiger partial charge is 0.508 e. The summed E-state index contributed by atoms with van der Waals surface area (Å²) in [6.07, 6.45) is -1.87. The Hall–Kier alpha value is -3.25. The highest BCUT2D eigenvalue weighted by atomic mass is 16.4. The molecule has 11 nitrogen and oxygen atoms in total. The fraction of sp³-hybridized carbons (Fsp3) is 0.409. The summed E-state index contributed by atoms with van der Waals surface area (Å²) in [5, 5.41) is 66.3. The normalized spacial score (nSPS) is 36.0. The number of aromatic hydroxyl groups is 1. The van der Waals surface area contributed by atoms with Crippen LogP contribution in [-0.4, -0.2) is 84.9 Å². The summed E-state index contributed by atoms with van der Waals surface area (Å²) in [6.45, 7) is 1.25. The molecule has 11 heteroatoms. The fourth-order valence-corrected chi connectivity index (χ4v) is 5.60. The highest BCUT2D eigenvalue weighted by Gasteiger charge is 2.70. The van der Waals surface area contributed by atoms with Crippen LogP contribution in [0.4, 0.5) is 0 Å². The maximum absolute atomic E-state index is 13.7. The summed E-state index contributed by atoms with van der Waals surface area (Å²) in [5.74, 6) is -9.67. The molecule has 1 fully saturated rings. The molecule has 176 valence electrons. The van der Waals surface area contributed by atoms with Gasteiger partial charge in [0.25, 0.3) is 5.91 Å². The van der Waals surface area contributed by atoms with Crippen LogP contribution in [-0.2, 0) is 20.0 Å². The van der Waals surface area contributed by atoms with E-state index in [1.807, 2.05) is 0 Å². The lowest BCUT2D eigenvalue weighted by Gasteiger charge is -2.55. The molecule has 1 amide bonds. The molecule has 3 aliphatic carbocycles. The van der Waals surface area contributed by atoms with E-state index in [-0.39, 0.29) is 11.1 Å². The minimum absolute atomic E-state index is 0.00664. The first-order valence-electron chi connectivity index (χ1n) is 10.1. The van der Waals surface area contributed by atoms with E-state index in [2.05, 4.69) is 0 Å². The first-order chi connectivity index (χ1) is 15.2. The smallest absolute Gasteiger partial charge is 0.255 e. The van der Waals surface area contributed by atoms with E-state index in [9.17, 15) is 45.0 Å². The SMILES string of the molecule is CN(C)[C@@H]1C(=O)C(C(N)=O)=C(O)[C@]2(O)C(=O)C3=C(O)c4c(O)cccc4[C@@](C)(O)[C@H]3[C@@H](O)[C@@H]12. The van der Waals surface area contributed by atoms with Crippen LogP contribution in [0.3, 0.4) is 0 Å². The molecule has 0 heterocycles. The first kappa shape index (κ1) is 22.9. The number of hydrogen-bond donors (Lipinski definition) is 7. The molecule has 8 N–H and O–H groups in total. The van der Waals surface area contributed by atoms with Gasteiger partial charge in [0.2, 0.25) is 5.78 Å². The van der Waals surface area contributed by atoms with Crippen LogP contribution >= 0.6 is 0 Å². The lowest BCUT2D eigenvalue weighted by molar-refractivity contribution is -0.181. The maximum Gasteiger partial charge on any atom is 0.255 e. The van der Waals surface area contributed by atoms with Crippen molar-refractivity contribution in [2.45, 2.75) is 30.3 Å². The summed E-state index contributed by atoms with van der Waals surface area (Å²) in [7, 11) is 2.80. The summed E-state index contributed by atoms with van der Waals surface area (Å²) in [5.41, 5.74) is -1.78. The number of nitrogens with two attached hydrogens (primary N) is 1. The fourth-order valence-electron chi connectivity index (χ4n) is 5.60. The molecule has 3 aliphatic rings. The zero-order valence-corrected chi connectivity index (χ0v) is 18.0. The molecule has 0 aromatic heterocycles. The Kier molecular flexibility index (Phi) is 4.78. The van der Waals surface area contributed by atoms with Crippen molar-refractivity contribution >= 4 is 23.2 Å². The Balaban J connectivity index is 2.11. The van der Waals surface area contributed by atoms with Gasteiger partial charge < -0.3 is 36.4 Å². The van der Waals surface area contributed by atoms with Crippen LogP contribution in [0.25, 0.3) is 5.76 Å². The molecule has 0 unspecified atom stereocenters. The molecule has 0 bridgehead atoms. The number of benzene rings is 1. The third-order valence-electron chi connectivity index (χ3n) is 7.03. The number of phenols is 1. The first-order valence-corrected chi connectivity index (χ1v) is 10.1. The van der Waals surface area contributed by atoms with Gasteiger partial charge in [0.05, 0.1) is 40.7 Å². The highest BCUT2D eigenvalue weighted by molar-refractivity contribution is 6.24. The molecule has 4 rings (SSSR count). The van der Waals surface area contributed by atoms with E-state index in [1.165, 1.54) is 44.1 Å². The van der Waals surface area contributed by atoms with Gasteiger partial charge in [-0.25, -0.2) is 0 Å². The molecular weight excluding hydrogens is 436 g/mol. The number of hydrogen-bond acceptors (Lipinski definition) is 10. The van der Waals surface area contributed by atoms with E-state index in [0.717, 1.165) is 0 Å². The van der Waals surface area contributed by atoms with E-state index < -0.39 is 81.1 Å². The van der Waals surface area contributed by atoms with Crippen LogP contribution in [0.15, 0.2) is 35.1 Å². The Labute approximate surface area is 187 Å². The monoisotopic (exact) mass is 460 g/mol. The van der Waals surface area contributed by atoms with Crippen LogP contribution in [0.2, 0.25) is 0 Å². The van der Waals surface area contributed by atoms with Gasteiger partial charge in [-0.1, -0.05) is 12.1 Å². The Bertz CT molecular complexity index is 1180. The summed E-state index contributed by atoms with van der Waals surface area (Å²) >= 11 is 0. The van der Waals surface area contributed by atoms with E-state index in [0.29, 0.717) is 0 Å². The van der Waals surface area contributed by atoms with Gasteiger partial charge in [0.15, 0.2) is 11.4 Å². The predicted octanol–water partition coefficient (Wildman–Crippen LogP) is -1.40. The molecule has 1 saturated carbocycles. The van der Waals surface area contributed by atoms with E-state index in [1.54, 1.807) is 0 Å². The third kappa shape index (κ3) is 2.61. The zero-order valence-electron chi connectivity index (χ0n) is 18.0. The van der Waals surface area contributed by atoms with Crippen molar-refractivity contribution in [1.82, 2.24) is 4.90 Å². The van der Waals surface area contributed by atoms with Crippen molar-refractivity contribution in [3.8, 4) is 5.75 Å². The molecule has 6 atom stereocenters. The Morgan fingerprint density at radius 1 is 1.12 bits per heavy atom. The van der Waals surface area contributed by atoms with Gasteiger partial charge >= 0.3 is 0 Å². The van der Waals surface area contributed by atoms with Crippen molar-refractivity contribution in [1.29, 1.82) is 0 Å². The molecule has 1 aromatic rings. The zero-order chi connectivity index (χ0) is 24.8. The number of amides is 1. The molecule has 0 radical (unpaired) electrons. The van der Waals surface area contributed by atoms with Crippen LogP contribution in [0.5, 0.6) is 5.75 Å². The average molecular weight is 460 g/mol. The van der Waals surface area contributed by atoms with E-state index >= 15 is 0 Å². The van der Waals surface area contributed by atoms with Gasteiger partial charge in [-0.2, -0.15) is 0 Å². The topological polar surface area (TPSA) is 202 Å². The second-order valence-electron chi connectivity index (χ2n) is 9.06. The van der Waals surface area contributed by atoms with Crippen molar-refractivity contribution < 1.29 is 45.0 Å². The summed E-state index contributed by atoms with van der Waals surface area (Å²) in [4.78, 5) is 39.9. The number of primary amides is 1. The van der Waals surface area contributed by atoms with Gasteiger partial charge in [-0.15, -0.1) is 0 Å². The minimum atomic E-state index is -3.02. The lowest BCUT2D eigenvalue weighted by Crippen LogP contribution is -2.71. The number of carbonyl (C=O) groups is 3. The summed E-state index contributed by atoms with van der Waals surface area (Å²) in [6, 6.07) is 2.50. The Morgan fingerprint density at radius 3 is 2.27 bits per heavy atom. The minimum Gasteiger partial charge on any atom is -0.508 e. The second-order valence-corrected chi connectivity index (χ2v) is 9.06. The van der Waals surface area contributed by atoms with Crippen molar-refractivity contribution in [2.75, 3.05) is 14.1 Å². The summed E-state index contributed by atoms with van der Waals surface area (Å²) < 4.78 is 0. The number of carbonyl (C=O) groups excluding carboxylic acids is 3. The number of nitrogens with zero attached hydrogens (tertiary/aromatic N) is 1. The molecule has 0 aliphatic heterocycles. The van der Waals surface area contributed by atoms with Gasteiger partial charge in [-0.3, -0.25) is 19.3 Å². The quantitative estimate of drug-likeness (QED) is 0.257. The molecule has 1 aromatic carbocycles. The molecule has 0 spiro atoms.